The van der Waals surface area contributed by atoms with Crippen molar-refractivity contribution in [2.75, 3.05) is 59.4 Å². The summed E-state index contributed by atoms with van der Waals surface area (Å²) in [5.41, 5.74) is 0. The van der Waals surface area contributed by atoms with Crippen LogP contribution in [0.1, 0.15) is 142 Å². The summed E-state index contributed by atoms with van der Waals surface area (Å²) in [7, 11) is 0. The third kappa shape index (κ3) is 37.1. The number of ether oxygens (including phenoxy) is 4. The maximum atomic E-state index is 12.3. The SMILES string of the molecule is CC(=O)CCOCCOCCOCCOCCNC(=O)CC[C@H](NC(=O)CCCCCCCCCCCCCCCCCCC(=O)O)C(O)O. The van der Waals surface area contributed by atoms with E-state index >= 15 is 0 Å². The summed E-state index contributed by atoms with van der Waals surface area (Å²) in [5, 5.41) is 33.4. The maximum Gasteiger partial charge on any atom is 0.303 e. The van der Waals surface area contributed by atoms with E-state index in [-0.39, 0.29) is 30.4 Å². The van der Waals surface area contributed by atoms with Gasteiger partial charge >= 0.3 is 5.97 Å². The van der Waals surface area contributed by atoms with Gasteiger partial charge in [-0.15, -0.1) is 0 Å². The topological polar surface area (TPSA) is 190 Å². The van der Waals surface area contributed by atoms with Gasteiger partial charge in [0.15, 0.2) is 6.29 Å². The zero-order chi connectivity index (χ0) is 36.9. The van der Waals surface area contributed by atoms with Crippen LogP contribution in [0.25, 0.3) is 0 Å². The molecule has 13 heteroatoms. The fourth-order valence-corrected chi connectivity index (χ4v) is 5.23. The number of hydrogen-bond acceptors (Lipinski definition) is 10. The number of amides is 2. The van der Waals surface area contributed by atoms with Gasteiger partial charge in [-0.3, -0.25) is 19.2 Å². The molecule has 0 aromatic carbocycles. The molecule has 1 atom stereocenters. The number of ketones is 1. The number of aliphatic hydroxyl groups excluding tert-OH is 1. The summed E-state index contributed by atoms with van der Waals surface area (Å²) in [4.78, 5) is 45.8. The molecule has 0 aliphatic rings. The average molecular weight is 719 g/mol. The van der Waals surface area contributed by atoms with E-state index in [1.807, 2.05) is 0 Å². The van der Waals surface area contributed by atoms with Crippen molar-refractivity contribution in [3.05, 3.63) is 0 Å². The van der Waals surface area contributed by atoms with Crippen molar-refractivity contribution < 1.29 is 53.4 Å². The van der Waals surface area contributed by atoms with Crippen LogP contribution in [0.15, 0.2) is 0 Å². The van der Waals surface area contributed by atoms with Gasteiger partial charge in [0.1, 0.15) is 5.78 Å². The number of aliphatic carboxylic acids is 1. The minimum atomic E-state index is -1.74. The van der Waals surface area contributed by atoms with Crippen molar-refractivity contribution >= 4 is 23.6 Å². The van der Waals surface area contributed by atoms with Crippen molar-refractivity contribution in [1.82, 2.24) is 10.6 Å². The Balaban J connectivity index is 3.58. The number of Topliss-reactive ketones (excluding diaryl/α,β-unsaturated/α-hetero) is 1. The summed E-state index contributed by atoms with van der Waals surface area (Å²) in [5.74, 6) is -1.09. The predicted molar refractivity (Wildman–Crippen MR) is 192 cm³/mol. The van der Waals surface area contributed by atoms with Gasteiger partial charge in [-0.2, -0.15) is 0 Å². The van der Waals surface area contributed by atoms with Crippen LogP contribution in [0.5, 0.6) is 0 Å². The molecule has 0 unspecified atom stereocenters. The summed E-state index contributed by atoms with van der Waals surface area (Å²) in [6, 6.07) is -0.902. The van der Waals surface area contributed by atoms with Crippen LogP contribution >= 0.6 is 0 Å². The number of carbonyl (C=O) groups excluding carboxylic acids is 3. The Kier molecular flexibility index (Phi) is 35.0. The molecule has 50 heavy (non-hydrogen) atoms. The van der Waals surface area contributed by atoms with E-state index in [9.17, 15) is 29.4 Å². The molecule has 13 nitrogen and oxygen atoms in total. The number of carboxylic acids is 1. The molecular weight excluding hydrogens is 648 g/mol. The Morgan fingerprint density at radius 3 is 1.32 bits per heavy atom. The van der Waals surface area contributed by atoms with E-state index in [2.05, 4.69) is 10.6 Å². The standard InChI is InChI=1S/C37H70N2O11/c1-32(40)22-24-47-26-28-49-30-31-50-29-27-48-25-23-38-34(41)21-20-33(37(45)46)39-35(42)18-16-14-12-10-8-6-4-2-3-5-7-9-11-13-15-17-19-36(43)44/h33,37,45-46H,2-31H2,1H3,(H,38,41)(H,39,42)(H,43,44)/t33-/m0/s1. The highest BCUT2D eigenvalue weighted by Gasteiger charge is 2.20. The molecule has 0 spiro atoms. The summed E-state index contributed by atoms with van der Waals surface area (Å²) in [6.07, 6.45) is 17.7. The van der Waals surface area contributed by atoms with Crippen LogP contribution in [-0.4, -0.2) is 111 Å². The molecule has 0 aromatic rings. The van der Waals surface area contributed by atoms with Crippen molar-refractivity contribution in [2.45, 2.75) is 154 Å². The lowest BCUT2D eigenvalue weighted by Crippen LogP contribution is -2.44. The first-order valence-electron chi connectivity index (χ1n) is 19.2. The second-order valence-electron chi connectivity index (χ2n) is 12.9. The predicted octanol–water partition coefficient (Wildman–Crippen LogP) is 4.83. The summed E-state index contributed by atoms with van der Waals surface area (Å²) in [6.45, 7) is 5.06. The van der Waals surface area contributed by atoms with E-state index in [1.54, 1.807) is 0 Å². The first-order valence-corrected chi connectivity index (χ1v) is 19.2. The number of unbranched alkanes of at least 4 members (excludes halogenated alkanes) is 15. The molecule has 0 saturated carbocycles. The number of hydrogen-bond donors (Lipinski definition) is 5. The molecule has 0 aliphatic carbocycles. The maximum absolute atomic E-state index is 12.3. The van der Waals surface area contributed by atoms with Crippen LogP contribution in [0.3, 0.4) is 0 Å². The van der Waals surface area contributed by atoms with Gasteiger partial charge in [-0.1, -0.05) is 89.9 Å². The van der Waals surface area contributed by atoms with Crippen molar-refractivity contribution in [3.63, 3.8) is 0 Å². The van der Waals surface area contributed by atoms with Gasteiger partial charge in [0.25, 0.3) is 0 Å². The first-order chi connectivity index (χ1) is 24.2. The summed E-state index contributed by atoms with van der Waals surface area (Å²) < 4.78 is 21.5. The van der Waals surface area contributed by atoms with Crippen molar-refractivity contribution in [3.8, 4) is 0 Å². The van der Waals surface area contributed by atoms with Gasteiger partial charge in [0.05, 0.1) is 58.9 Å². The molecule has 0 bridgehead atoms. The van der Waals surface area contributed by atoms with E-state index in [4.69, 9.17) is 24.1 Å². The molecule has 0 saturated heterocycles. The minimum absolute atomic E-state index is 0.0467. The highest BCUT2D eigenvalue weighted by molar-refractivity contribution is 5.77. The lowest BCUT2D eigenvalue weighted by atomic mass is 10.0. The molecule has 2 amide bonds. The second-order valence-corrected chi connectivity index (χ2v) is 12.9. The monoisotopic (exact) mass is 718 g/mol. The van der Waals surface area contributed by atoms with E-state index in [0.29, 0.717) is 78.7 Å². The quantitative estimate of drug-likeness (QED) is 0.0432. The molecule has 0 aromatic heterocycles. The van der Waals surface area contributed by atoms with Gasteiger partial charge in [-0.25, -0.2) is 0 Å². The third-order valence-corrected chi connectivity index (χ3v) is 8.22. The third-order valence-electron chi connectivity index (χ3n) is 8.22. The highest BCUT2D eigenvalue weighted by Crippen LogP contribution is 2.14. The van der Waals surface area contributed by atoms with Crippen LogP contribution in [0.2, 0.25) is 0 Å². The lowest BCUT2D eigenvalue weighted by molar-refractivity contribution is -0.137. The smallest absolute Gasteiger partial charge is 0.303 e. The molecular formula is C37H70N2O11. The average Bonchev–Trinajstić information content (AvgIpc) is 3.07. The van der Waals surface area contributed by atoms with Gasteiger partial charge < -0.3 is 44.9 Å². The number of carbonyl (C=O) groups is 4. The van der Waals surface area contributed by atoms with E-state index < -0.39 is 18.3 Å². The zero-order valence-corrected chi connectivity index (χ0v) is 31.0. The molecule has 5 N–H and O–H groups in total. The molecule has 0 radical (unpaired) electrons. The Morgan fingerprint density at radius 1 is 0.500 bits per heavy atom. The molecule has 0 fully saturated rings. The van der Waals surface area contributed by atoms with Crippen LogP contribution in [0.4, 0.5) is 0 Å². The fourth-order valence-electron chi connectivity index (χ4n) is 5.23. The number of aliphatic hydroxyl groups is 2. The largest absolute Gasteiger partial charge is 0.481 e. The lowest BCUT2D eigenvalue weighted by Gasteiger charge is -2.20. The zero-order valence-electron chi connectivity index (χ0n) is 31.0. The van der Waals surface area contributed by atoms with Gasteiger partial charge in [-0.05, 0) is 26.2 Å². The van der Waals surface area contributed by atoms with Crippen LogP contribution < -0.4 is 10.6 Å². The Morgan fingerprint density at radius 2 is 0.900 bits per heavy atom. The number of rotatable bonds is 39. The van der Waals surface area contributed by atoms with Crippen LogP contribution in [0, 0.1) is 0 Å². The highest BCUT2D eigenvalue weighted by atomic mass is 16.6. The Labute approximate surface area is 300 Å². The molecule has 294 valence electrons. The normalized spacial score (nSPS) is 11.9. The van der Waals surface area contributed by atoms with Crippen LogP contribution in [-0.2, 0) is 38.1 Å². The minimum Gasteiger partial charge on any atom is -0.481 e. The fraction of sp³-hybridized carbons (Fsp3) is 0.892. The first kappa shape index (κ1) is 47.8. The van der Waals surface area contributed by atoms with Crippen molar-refractivity contribution in [1.29, 1.82) is 0 Å². The van der Waals surface area contributed by atoms with Gasteiger partial charge in [0.2, 0.25) is 11.8 Å². The molecule has 0 heterocycles. The number of carboxylic acid groups (broad SMARTS) is 1. The van der Waals surface area contributed by atoms with E-state index in [0.717, 1.165) is 44.9 Å². The second kappa shape index (κ2) is 36.6. The van der Waals surface area contributed by atoms with Crippen molar-refractivity contribution in [2.24, 2.45) is 0 Å². The Bertz CT molecular complexity index is 829. The summed E-state index contributed by atoms with van der Waals surface area (Å²) >= 11 is 0. The van der Waals surface area contributed by atoms with Gasteiger partial charge in [0, 0.05) is 32.2 Å². The van der Waals surface area contributed by atoms with E-state index in [1.165, 1.54) is 64.7 Å². The Hall–Kier alpha value is -2.16. The molecule has 0 rings (SSSR count). The molecule has 0 aliphatic heterocycles. The number of nitrogens with one attached hydrogen (secondary N) is 2.